The minimum absolute atomic E-state index is 0.0149. The highest BCUT2D eigenvalue weighted by Crippen LogP contribution is 2.69. The maximum Gasteiger partial charge on any atom is 0.118 e. The van der Waals surface area contributed by atoms with Gasteiger partial charge in [0.15, 0.2) is 0 Å². The molecule has 1 unspecified atom stereocenters. The Kier molecular flexibility index (Phi) is 3.14. The molecule has 2 aliphatic carbocycles. The molecule has 0 bridgehead atoms. The molecule has 1 saturated heterocycles. The third-order valence-corrected chi connectivity index (χ3v) is 6.93. The lowest BCUT2D eigenvalue weighted by Gasteiger charge is -2.44. The predicted octanol–water partition coefficient (Wildman–Crippen LogP) is 2.78. The van der Waals surface area contributed by atoms with E-state index in [0.717, 1.165) is 19.3 Å². The van der Waals surface area contributed by atoms with Gasteiger partial charge in [-0.3, -0.25) is 0 Å². The van der Waals surface area contributed by atoms with E-state index in [4.69, 9.17) is 9.47 Å². The monoisotopic (exact) mass is 280 g/mol. The predicted molar refractivity (Wildman–Crippen MR) is 78.4 cm³/mol. The fourth-order valence-electron chi connectivity index (χ4n) is 5.46. The Balaban J connectivity index is 1.97. The van der Waals surface area contributed by atoms with Crippen LogP contribution in [0.4, 0.5) is 0 Å². The summed E-state index contributed by atoms with van der Waals surface area (Å²) in [5, 5.41) is 9.52. The number of fused-ring (bicyclic) bond motifs is 2. The second-order valence-electron chi connectivity index (χ2n) is 7.71. The van der Waals surface area contributed by atoms with Crippen molar-refractivity contribution in [3.05, 3.63) is 12.7 Å². The molecule has 1 N–H and O–H groups in total. The SMILES string of the molecule is C=C[C@@]1(CCO)C[C@H]2[C@@H](CC3O[C@]3(C)[C@@H]2OC)C1(C)C. The first-order chi connectivity index (χ1) is 9.36. The molecule has 3 fully saturated rings. The smallest absolute Gasteiger partial charge is 0.118 e. The van der Waals surface area contributed by atoms with Crippen LogP contribution < -0.4 is 0 Å². The van der Waals surface area contributed by atoms with Crippen molar-refractivity contribution in [2.24, 2.45) is 22.7 Å². The van der Waals surface area contributed by atoms with Crippen molar-refractivity contribution in [2.75, 3.05) is 13.7 Å². The average Bonchev–Trinajstić information content (AvgIpc) is 3.01. The molecule has 0 radical (unpaired) electrons. The first-order valence-electron chi connectivity index (χ1n) is 7.81. The van der Waals surface area contributed by atoms with E-state index in [1.165, 1.54) is 0 Å². The van der Waals surface area contributed by atoms with Gasteiger partial charge < -0.3 is 14.6 Å². The lowest BCUT2D eigenvalue weighted by atomic mass is 9.61. The van der Waals surface area contributed by atoms with E-state index in [-0.39, 0.29) is 29.1 Å². The van der Waals surface area contributed by atoms with E-state index < -0.39 is 0 Å². The topological polar surface area (TPSA) is 42.0 Å². The molecule has 0 aromatic rings. The van der Waals surface area contributed by atoms with Crippen molar-refractivity contribution in [1.29, 1.82) is 0 Å². The average molecular weight is 280 g/mol. The second-order valence-corrected chi connectivity index (χ2v) is 7.71. The van der Waals surface area contributed by atoms with E-state index in [2.05, 4.69) is 33.4 Å². The molecule has 6 atom stereocenters. The Morgan fingerprint density at radius 1 is 1.40 bits per heavy atom. The molecule has 3 nitrogen and oxygen atoms in total. The second kappa shape index (κ2) is 4.31. The fourth-order valence-corrected chi connectivity index (χ4v) is 5.46. The van der Waals surface area contributed by atoms with E-state index in [1.807, 2.05) is 7.11 Å². The maximum absolute atomic E-state index is 9.52. The molecule has 3 aliphatic rings. The highest BCUT2D eigenvalue weighted by molar-refractivity contribution is 5.22. The summed E-state index contributed by atoms with van der Waals surface area (Å²) < 4.78 is 11.8. The van der Waals surface area contributed by atoms with E-state index in [9.17, 15) is 5.11 Å². The van der Waals surface area contributed by atoms with Gasteiger partial charge in [-0.2, -0.15) is 0 Å². The highest BCUT2D eigenvalue weighted by Gasteiger charge is 2.71. The number of aliphatic hydroxyl groups excluding tert-OH is 1. The molecule has 3 rings (SSSR count). The summed E-state index contributed by atoms with van der Waals surface area (Å²) in [7, 11) is 1.81. The van der Waals surface area contributed by atoms with Gasteiger partial charge in [-0.15, -0.1) is 6.58 Å². The van der Waals surface area contributed by atoms with Crippen molar-refractivity contribution < 1.29 is 14.6 Å². The zero-order valence-electron chi connectivity index (χ0n) is 13.2. The van der Waals surface area contributed by atoms with E-state index >= 15 is 0 Å². The summed E-state index contributed by atoms with van der Waals surface area (Å²) in [6.45, 7) is 11.2. The summed E-state index contributed by atoms with van der Waals surface area (Å²) in [5.41, 5.74) is 0.0652. The maximum atomic E-state index is 9.52. The van der Waals surface area contributed by atoms with Gasteiger partial charge in [0.25, 0.3) is 0 Å². The van der Waals surface area contributed by atoms with Crippen molar-refractivity contribution in [3.63, 3.8) is 0 Å². The molecule has 0 aromatic carbocycles. The van der Waals surface area contributed by atoms with Crippen LogP contribution in [0, 0.1) is 22.7 Å². The number of methoxy groups -OCH3 is 1. The van der Waals surface area contributed by atoms with Crippen LogP contribution in [0.15, 0.2) is 12.7 Å². The number of rotatable bonds is 4. The van der Waals surface area contributed by atoms with Crippen LogP contribution in [-0.4, -0.2) is 36.6 Å². The van der Waals surface area contributed by atoms with Crippen LogP contribution >= 0.6 is 0 Å². The standard InChI is InChI=1S/C17H28O3/c1-6-17(7-8-18)10-11-12(15(17,2)3)9-13-16(4,20-13)14(11)19-5/h6,11-14,18H,1,7-10H2,2-5H3/t11-,12+,13?,14+,16-,17+/m0/s1. The number of hydrogen-bond acceptors (Lipinski definition) is 3. The summed E-state index contributed by atoms with van der Waals surface area (Å²) in [5.74, 6) is 1.08. The number of ether oxygens (including phenoxy) is 2. The fraction of sp³-hybridized carbons (Fsp3) is 0.882. The van der Waals surface area contributed by atoms with Crippen LogP contribution in [-0.2, 0) is 9.47 Å². The van der Waals surface area contributed by atoms with Crippen LogP contribution in [0.2, 0.25) is 0 Å². The number of hydrogen-bond donors (Lipinski definition) is 1. The van der Waals surface area contributed by atoms with Crippen molar-refractivity contribution in [3.8, 4) is 0 Å². The summed E-state index contributed by atoms with van der Waals surface area (Å²) in [6.07, 6.45) is 5.60. The molecule has 1 heterocycles. The molecular formula is C17H28O3. The molecule has 3 heteroatoms. The van der Waals surface area contributed by atoms with Gasteiger partial charge >= 0.3 is 0 Å². The lowest BCUT2D eigenvalue weighted by molar-refractivity contribution is -0.0330. The normalized spacial score (nSPS) is 52.2. The quantitative estimate of drug-likeness (QED) is 0.636. The lowest BCUT2D eigenvalue weighted by Crippen LogP contribution is -2.46. The van der Waals surface area contributed by atoms with E-state index in [0.29, 0.717) is 17.9 Å². The zero-order chi connectivity index (χ0) is 14.8. The Labute approximate surface area is 122 Å². The molecule has 0 aromatic heterocycles. The minimum atomic E-state index is -0.0809. The first-order valence-corrected chi connectivity index (χ1v) is 7.81. The molecule has 1 aliphatic heterocycles. The number of epoxide rings is 1. The highest BCUT2D eigenvalue weighted by atomic mass is 16.6. The molecule has 0 spiro atoms. The van der Waals surface area contributed by atoms with Gasteiger partial charge in [-0.1, -0.05) is 19.9 Å². The molecule has 114 valence electrons. The Morgan fingerprint density at radius 2 is 2.10 bits per heavy atom. The minimum Gasteiger partial charge on any atom is -0.396 e. The van der Waals surface area contributed by atoms with Crippen molar-refractivity contribution in [2.45, 2.75) is 57.8 Å². The molecule has 20 heavy (non-hydrogen) atoms. The Morgan fingerprint density at radius 3 is 2.65 bits per heavy atom. The molecular weight excluding hydrogens is 252 g/mol. The Bertz CT molecular complexity index is 418. The van der Waals surface area contributed by atoms with Gasteiger partial charge in [0.2, 0.25) is 0 Å². The van der Waals surface area contributed by atoms with E-state index in [1.54, 1.807) is 0 Å². The summed E-state index contributed by atoms with van der Waals surface area (Å²) >= 11 is 0. The van der Waals surface area contributed by atoms with Gasteiger partial charge in [0, 0.05) is 13.7 Å². The number of aliphatic hydroxyl groups is 1. The summed E-state index contributed by atoms with van der Waals surface area (Å²) in [6, 6.07) is 0. The van der Waals surface area contributed by atoms with Crippen LogP contribution in [0.1, 0.15) is 40.0 Å². The number of allylic oxidation sites excluding steroid dienone is 1. The molecule has 0 amide bonds. The third kappa shape index (κ3) is 1.57. The van der Waals surface area contributed by atoms with Crippen LogP contribution in [0.5, 0.6) is 0 Å². The zero-order valence-corrected chi connectivity index (χ0v) is 13.2. The van der Waals surface area contributed by atoms with Crippen molar-refractivity contribution in [1.82, 2.24) is 0 Å². The summed E-state index contributed by atoms with van der Waals surface area (Å²) in [4.78, 5) is 0. The van der Waals surface area contributed by atoms with Gasteiger partial charge in [-0.05, 0) is 48.9 Å². The van der Waals surface area contributed by atoms with Gasteiger partial charge in [0.05, 0.1) is 12.2 Å². The first kappa shape index (κ1) is 14.6. The van der Waals surface area contributed by atoms with Gasteiger partial charge in [-0.25, -0.2) is 0 Å². The van der Waals surface area contributed by atoms with Crippen molar-refractivity contribution >= 4 is 0 Å². The van der Waals surface area contributed by atoms with Crippen LogP contribution in [0.3, 0.4) is 0 Å². The van der Waals surface area contributed by atoms with Gasteiger partial charge in [0.1, 0.15) is 5.60 Å². The Hall–Kier alpha value is -0.380. The van der Waals surface area contributed by atoms with Crippen LogP contribution in [0.25, 0.3) is 0 Å². The third-order valence-electron chi connectivity index (χ3n) is 6.93. The largest absolute Gasteiger partial charge is 0.396 e. The molecule has 2 saturated carbocycles.